The van der Waals surface area contributed by atoms with E-state index in [2.05, 4.69) is 48.8 Å². The Bertz CT molecular complexity index is 424. The lowest BCUT2D eigenvalue weighted by Crippen LogP contribution is -2.37. The van der Waals surface area contributed by atoms with Crippen LogP contribution in [0.5, 0.6) is 0 Å². The Kier molecular flexibility index (Phi) is 3.57. The maximum absolute atomic E-state index is 2.74. The van der Waals surface area contributed by atoms with Gasteiger partial charge in [0.05, 0.1) is 8.07 Å². The smallest absolute Gasteiger partial charge is 0.0775 e. The van der Waals surface area contributed by atoms with Crippen LogP contribution in [0.2, 0.25) is 19.6 Å². The van der Waals surface area contributed by atoms with E-state index in [4.69, 9.17) is 0 Å². The molecule has 0 atom stereocenters. The highest BCUT2D eigenvalue weighted by atomic mass is 28.3. The molecule has 0 N–H and O–H groups in total. The number of nitrogens with zero attached hydrogens (tertiary/aromatic N) is 1. The SMILES string of the molecule is C[Si](C)(C)c1ccc(CN(CC2CC2)C2CC2)cc1. The molecule has 2 fully saturated rings. The van der Waals surface area contributed by atoms with Crippen molar-refractivity contribution >= 4 is 13.3 Å². The van der Waals surface area contributed by atoms with Gasteiger partial charge >= 0.3 is 0 Å². The third kappa shape index (κ3) is 3.70. The van der Waals surface area contributed by atoms with Crippen molar-refractivity contribution in [3.05, 3.63) is 29.8 Å². The van der Waals surface area contributed by atoms with Gasteiger partial charge in [-0.2, -0.15) is 0 Å². The molecule has 0 heterocycles. The van der Waals surface area contributed by atoms with Gasteiger partial charge in [0, 0.05) is 19.1 Å². The van der Waals surface area contributed by atoms with Crippen molar-refractivity contribution in [1.82, 2.24) is 4.90 Å². The Morgan fingerprint density at radius 1 is 1.00 bits per heavy atom. The summed E-state index contributed by atoms with van der Waals surface area (Å²) in [5.74, 6) is 1.02. The minimum Gasteiger partial charge on any atom is -0.296 e. The molecule has 104 valence electrons. The summed E-state index contributed by atoms with van der Waals surface area (Å²) in [5.41, 5.74) is 1.51. The molecule has 2 heteroatoms. The predicted octanol–water partition coefficient (Wildman–Crippen LogP) is 3.61. The molecule has 0 bridgehead atoms. The summed E-state index contributed by atoms with van der Waals surface area (Å²) in [7, 11) is -1.14. The second-order valence-corrected chi connectivity index (χ2v) is 12.6. The summed E-state index contributed by atoms with van der Waals surface area (Å²) in [4.78, 5) is 2.74. The average molecular weight is 273 g/mol. The highest BCUT2D eigenvalue weighted by Crippen LogP contribution is 2.35. The topological polar surface area (TPSA) is 3.24 Å². The summed E-state index contributed by atoms with van der Waals surface area (Å²) in [6.07, 6.45) is 5.80. The first-order valence-corrected chi connectivity index (χ1v) is 11.4. The maximum atomic E-state index is 2.74. The standard InChI is InChI=1S/C17H27NSi/c1-19(2,3)17-10-6-15(7-11-17)13-18(16-8-9-16)12-14-4-5-14/h6-7,10-11,14,16H,4-5,8-9,12-13H2,1-3H3. The van der Waals surface area contributed by atoms with E-state index >= 15 is 0 Å². The third-order valence-electron chi connectivity index (χ3n) is 4.46. The summed E-state index contributed by atoms with van der Waals surface area (Å²) in [6, 6.07) is 10.4. The van der Waals surface area contributed by atoms with Crippen molar-refractivity contribution < 1.29 is 0 Å². The normalized spacial score (nSPS) is 20.0. The van der Waals surface area contributed by atoms with Gasteiger partial charge < -0.3 is 0 Å². The molecule has 2 saturated carbocycles. The van der Waals surface area contributed by atoms with Gasteiger partial charge in [-0.15, -0.1) is 0 Å². The van der Waals surface area contributed by atoms with Crippen LogP contribution in [0.1, 0.15) is 31.2 Å². The zero-order chi connectivity index (χ0) is 13.5. The van der Waals surface area contributed by atoms with E-state index in [1.807, 2.05) is 0 Å². The molecule has 0 saturated heterocycles. The van der Waals surface area contributed by atoms with Gasteiger partial charge in [0.15, 0.2) is 0 Å². The van der Waals surface area contributed by atoms with Crippen LogP contribution in [0.25, 0.3) is 0 Å². The summed E-state index contributed by atoms with van der Waals surface area (Å²) >= 11 is 0. The van der Waals surface area contributed by atoms with E-state index in [9.17, 15) is 0 Å². The largest absolute Gasteiger partial charge is 0.296 e. The van der Waals surface area contributed by atoms with E-state index < -0.39 is 8.07 Å². The molecule has 1 nitrogen and oxygen atoms in total. The fourth-order valence-electron chi connectivity index (χ4n) is 2.76. The maximum Gasteiger partial charge on any atom is 0.0775 e. The second-order valence-electron chi connectivity index (χ2n) is 7.55. The number of rotatable bonds is 6. The molecule has 3 rings (SSSR count). The Morgan fingerprint density at radius 3 is 2.11 bits per heavy atom. The molecule has 0 amide bonds. The van der Waals surface area contributed by atoms with Gasteiger partial charge in [0.25, 0.3) is 0 Å². The molecule has 0 aliphatic heterocycles. The molecule has 2 aliphatic carbocycles. The van der Waals surface area contributed by atoms with E-state index in [1.54, 1.807) is 5.19 Å². The fraction of sp³-hybridized carbons (Fsp3) is 0.647. The molecule has 0 spiro atoms. The molecule has 2 aliphatic rings. The zero-order valence-corrected chi connectivity index (χ0v) is 13.7. The first-order valence-electron chi connectivity index (χ1n) is 7.86. The lowest BCUT2D eigenvalue weighted by atomic mass is 10.2. The first kappa shape index (κ1) is 13.4. The van der Waals surface area contributed by atoms with Gasteiger partial charge in [0.1, 0.15) is 0 Å². The number of hydrogen-bond acceptors (Lipinski definition) is 1. The van der Waals surface area contributed by atoms with Crippen LogP contribution in [0.15, 0.2) is 24.3 Å². The molecule has 1 aromatic rings. The van der Waals surface area contributed by atoms with Gasteiger partial charge in [-0.05, 0) is 37.2 Å². The van der Waals surface area contributed by atoms with Crippen molar-refractivity contribution in [2.24, 2.45) is 5.92 Å². The molecule has 19 heavy (non-hydrogen) atoms. The molecule has 0 aromatic heterocycles. The van der Waals surface area contributed by atoms with Crippen LogP contribution >= 0.6 is 0 Å². The van der Waals surface area contributed by atoms with Crippen molar-refractivity contribution in [2.75, 3.05) is 6.54 Å². The van der Waals surface area contributed by atoms with Gasteiger partial charge in [0.2, 0.25) is 0 Å². The predicted molar refractivity (Wildman–Crippen MR) is 85.6 cm³/mol. The van der Waals surface area contributed by atoms with Crippen molar-refractivity contribution in [1.29, 1.82) is 0 Å². The summed E-state index contributed by atoms with van der Waals surface area (Å²) < 4.78 is 0. The number of hydrogen-bond donors (Lipinski definition) is 0. The van der Waals surface area contributed by atoms with E-state index in [1.165, 1.54) is 44.3 Å². The van der Waals surface area contributed by atoms with Crippen LogP contribution in [-0.4, -0.2) is 25.6 Å². The van der Waals surface area contributed by atoms with Crippen molar-refractivity contribution in [3.63, 3.8) is 0 Å². The minimum atomic E-state index is -1.14. The lowest BCUT2D eigenvalue weighted by molar-refractivity contribution is 0.244. The molecule has 0 unspecified atom stereocenters. The minimum absolute atomic E-state index is 0.900. The Hall–Kier alpha value is -0.603. The monoisotopic (exact) mass is 273 g/mol. The van der Waals surface area contributed by atoms with Crippen LogP contribution in [0.4, 0.5) is 0 Å². The van der Waals surface area contributed by atoms with E-state index in [0.717, 1.165) is 12.0 Å². The average Bonchev–Trinajstić information content (AvgIpc) is 3.22. The summed E-state index contributed by atoms with van der Waals surface area (Å²) in [6.45, 7) is 9.79. The Labute approximate surface area is 119 Å². The van der Waals surface area contributed by atoms with Crippen LogP contribution in [0, 0.1) is 5.92 Å². The molecular formula is C17H27NSi. The van der Waals surface area contributed by atoms with Crippen LogP contribution in [0.3, 0.4) is 0 Å². The van der Waals surface area contributed by atoms with Gasteiger partial charge in [-0.25, -0.2) is 0 Å². The molecular weight excluding hydrogens is 246 g/mol. The Morgan fingerprint density at radius 2 is 1.63 bits per heavy atom. The van der Waals surface area contributed by atoms with Gasteiger partial charge in [-0.1, -0.05) is 49.1 Å². The van der Waals surface area contributed by atoms with Crippen LogP contribution in [-0.2, 0) is 6.54 Å². The zero-order valence-electron chi connectivity index (χ0n) is 12.7. The first-order chi connectivity index (χ1) is 9.02. The quantitative estimate of drug-likeness (QED) is 0.716. The molecule has 1 aromatic carbocycles. The highest BCUT2D eigenvalue weighted by Gasteiger charge is 2.33. The second kappa shape index (κ2) is 5.06. The van der Waals surface area contributed by atoms with E-state index in [0.29, 0.717) is 0 Å². The summed E-state index contributed by atoms with van der Waals surface area (Å²) in [5, 5.41) is 1.58. The van der Waals surface area contributed by atoms with Crippen LogP contribution < -0.4 is 5.19 Å². The number of benzene rings is 1. The Balaban J connectivity index is 1.64. The highest BCUT2D eigenvalue weighted by molar-refractivity contribution is 6.88. The van der Waals surface area contributed by atoms with Crippen molar-refractivity contribution in [3.8, 4) is 0 Å². The fourth-order valence-corrected chi connectivity index (χ4v) is 3.93. The third-order valence-corrected chi connectivity index (χ3v) is 6.52. The van der Waals surface area contributed by atoms with Crippen molar-refractivity contribution in [2.45, 2.75) is 57.9 Å². The van der Waals surface area contributed by atoms with Gasteiger partial charge in [-0.3, -0.25) is 4.90 Å². The lowest BCUT2D eigenvalue weighted by Gasteiger charge is -2.23. The molecule has 0 radical (unpaired) electrons. The van der Waals surface area contributed by atoms with E-state index in [-0.39, 0.29) is 0 Å².